The highest BCUT2D eigenvalue weighted by molar-refractivity contribution is 6.80. The number of allylic oxidation sites excluding steroid dienone is 1. The summed E-state index contributed by atoms with van der Waals surface area (Å²) in [6, 6.07) is 0. The van der Waals surface area contributed by atoms with Crippen LogP contribution in [-0.2, 0) is 0 Å². The molecule has 84 valence electrons. The summed E-state index contributed by atoms with van der Waals surface area (Å²) in [5.74, 6) is 0. The molecule has 0 N–H and O–H groups in total. The topological polar surface area (TPSA) is 0 Å². The summed E-state index contributed by atoms with van der Waals surface area (Å²) in [6.45, 7) is 9.46. The van der Waals surface area contributed by atoms with Crippen molar-refractivity contribution in [1.82, 2.24) is 0 Å². The summed E-state index contributed by atoms with van der Waals surface area (Å²) in [6.07, 6.45) is 12.2. The lowest BCUT2D eigenvalue weighted by Gasteiger charge is -2.07. The first kappa shape index (κ1) is 14.0. The molecule has 1 heteroatoms. The lowest BCUT2D eigenvalue weighted by atomic mass is 10.1. The van der Waals surface area contributed by atoms with E-state index in [9.17, 15) is 0 Å². The van der Waals surface area contributed by atoms with Crippen LogP contribution >= 0.6 is 0 Å². The number of unbranched alkanes of at least 4 members (excludes halogenated alkanes) is 6. The summed E-state index contributed by atoms with van der Waals surface area (Å²) in [4.78, 5) is 0. The van der Waals surface area contributed by atoms with Gasteiger partial charge in [-0.2, -0.15) is 0 Å². The zero-order valence-corrected chi connectivity index (χ0v) is 11.6. The molecule has 0 nitrogen and oxygen atoms in total. The molecule has 0 rings (SSSR count). The molecule has 0 fully saturated rings. The summed E-state index contributed by atoms with van der Waals surface area (Å²) in [5, 5.41) is 0. The molecule has 0 radical (unpaired) electrons. The second kappa shape index (κ2) is 8.28. The Kier molecular flexibility index (Phi) is 8.25. The molecule has 0 aromatic heterocycles. The molecule has 0 aromatic rings. The summed E-state index contributed by atoms with van der Waals surface area (Å²) >= 11 is 0. The normalized spacial score (nSPS) is 12.6. The van der Waals surface area contributed by atoms with E-state index in [0.717, 1.165) is 0 Å². The monoisotopic (exact) mass is 212 g/mol. The van der Waals surface area contributed by atoms with Crippen LogP contribution in [-0.4, -0.2) is 8.07 Å². The minimum Gasteiger partial charge on any atom is -0.0989 e. The fourth-order valence-electron chi connectivity index (χ4n) is 1.48. The lowest BCUT2D eigenvalue weighted by molar-refractivity contribution is 0.611. The van der Waals surface area contributed by atoms with Crippen LogP contribution in [0.25, 0.3) is 0 Å². The van der Waals surface area contributed by atoms with Gasteiger partial charge >= 0.3 is 0 Å². The van der Waals surface area contributed by atoms with Gasteiger partial charge < -0.3 is 0 Å². The molecule has 0 aliphatic heterocycles. The van der Waals surface area contributed by atoms with Gasteiger partial charge in [0.25, 0.3) is 0 Å². The number of hydrogen-bond donors (Lipinski definition) is 0. The third-order valence-electron chi connectivity index (χ3n) is 2.34. The van der Waals surface area contributed by atoms with Gasteiger partial charge in [0, 0.05) is 0 Å². The van der Waals surface area contributed by atoms with Gasteiger partial charge in [0.15, 0.2) is 0 Å². The number of hydrogen-bond acceptors (Lipinski definition) is 0. The van der Waals surface area contributed by atoms with Crippen LogP contribution < -0.4 is 0 Å². The van der Waals surface area contributed by atoms with Crippen molar-refractivity contribution in [3.8, 4) is 0 Å². The zero-order chi connectivity index (χ0) is 10.9. The van der Waals surface area contributed by atoms with Gasteiger partial charge in [-0.15, -0.1) is 0 Å². The highest BCUT2D eigenvalue weighted by Gasteiger charge is 2.05. The molecule has 0 aromatic carbocycles. The summed E-state index contributed by atoms with van der Waals surface area (Å²) in [7, 11) is -0.919. The van der Waals surface area contributed by atoms with Crippen molar-refractivity contribution in [2.75, 3.05) is 0 Å². The van der Waals surface area contributed by atoms with Crippen LogP contribution in [0.2, 0.25) is 19.6 Å². The van der Waals surface area contributed by atoms with Crippen molar-refractivity contribution in [3.63, 3.8) is 0 Å². The summed E-state index contributed by atoms with van der Waals surface area (Å²) < 4.78 is 0. The van der Waals surface area contributed by atoms with Gasteiger partial charge in [0.05, 0.1) is 8.07 Å². The Labute approximate surface area is 91.8 Å². The van der Waals surface area contributed by atoms with Crippen molar-refractivity contribution in [3.05, 3.63) is 11.8 Å². The van der Waals surface area contributed by atoms with Gasteiger partial charge in [-0.05, 0) is 12.8 Å². The predicted octanol–water partition coefficient (Wildman–Crippen LogP) is 5.17. The quantitative estimate of drug-likeness (QED) is 0.384. The first-order valence-electron chi connectivity index (χ1n) is 6.24. The van der Waals surface area contributed by atoms with Gasteiger partial charge in [-0.3, -0.25) is 0 Å². The van der Waals surface area contributed by atoms with E-state index in [1.54, 1.807) is 0 Å². The molecule has 0 atom stereocenters. The van der Waals surface area contributed by atoms with Crippen molar-refractivity contribution >= 4 is 8.07 Å². The molecule has 0 unspecified atom stereocenters. The Hall–Kier alpha value is -0.0431. The highest BCUT2D eigenvalue weighted by atomic mass is 28.3. The molecular weight excluding hydrogens is 184 g/mol. The average molecular weight is 212 g/mol. The Morgan fingerprint density at radius 1 is 0.857 bits per heavy atom. The van der Waals surface area contributed by atoms with Crippen LogP contribution in [0.4, 0.5) is 0 Å². The van der Waals surface area contributed by atoms with Crippen LogP contribution in [0.3, 0.4) is 0 Å². The van der Waals surface area contributed by atoms with Gasteiger partial charge in [-0.1, -0.05) is 70.4 Å². The minimum atomic E-state index is -0.919. The second-order valence-electron chi connectivity index (χ2n) is 5.32. The molecule has 0 spiro atoms. The van der Waals surface area contributed by atoms with Gasteiger partial charge in [-0.25, -0.2) is 0 Å². The fourth-order valence-corrected chi connectivity index (χ4v) is 2.35. The molecule has 0 aliphatic rings. The van der Waals surface area contributed by atoms with E-state index in [0.29, 0.717) is 0 Å². The van der Waals surface area contributed by atoms with E-state index in [2.05, 4.69) is 38.3 Å². The van der Waals surface area contributed by atoms with Crippen molar-refractivity contribution in [2.45, 2.75) is 71.5 Å². The van der Waals surface area contributed by atoms with E-state index in [-0.39, 0.29) is 0 Å². The second-order valence-corrected chi connectivity index (χ2v) is 10.4. The molecule has 0 saturated carbocycles. The van der Waals surface area contributed by atoms with Crippen LogP contribution in [0.5, 0.6) is 0 Å². The Balaban J connectivity index is 3.17. The first-order chi connectivity index (χ1) is 6.56. The maximum absolute atomic E-state index is 2.47. The van der Waals surface area contributed by atoms with E-state index in [4.69, 9.17) is 0 Å². The maximum Gasteiger partial charge on any atom is 0.0682 e. The summed E-state index contributed by atoms with van der Waals surface area (Å²) in [5.41, 5.74) is 2.47. The first-order valence-corrected chi connectivity index (χ1v) is 9.81. The van der Waals surface area contributed by atoms with E-state index < -0.39 is 8.07 Å². The van der Waals surface area contributed by atoms with E-state index >= 15 is 0 Å². The molecule has 0 bridgehead atoms. The smallest absolute Gasteiger partial charge is 0.0682 e. The van der Waals surface area contributed by atoms with Crippen LogP contribution in [0.1, 0.15) is 51.9 Å². The molecule has 0 aliphatic carbocycles. The molecule has 14 heavy (non-hydrogen) atoms. The SMILES string of the molecule is CCCCCCCC/C=C\[Si](C)(C)C. The Morgan fingerprint density at radius 3 is 2.00 bits per heavy atom. The standard InChI is InChI=1S/C13H28Si/c1-5-6-7-8-9-10-11-12-13-14(2,3)4/h12-13H,5-11H2,1-4H3/b13-12-. The van der Waals surface area contributed by atoms with Crippen molar-refractivity contribution in [2.24, 2.45) is 0 Å². The van der Waals surface area contributed by atoms with E-state index in [1.807, 2.05) is 0 Å². The van der Waals surface area contributed by atoms with Gasteiger partial charge in [0.1, 0.15) is 0 Å². The van der Waals surface area contributed by atoms with Crippen molar-refractivity contribution < 1.29 is 0 Å². The third kappa shape index (κ3) is 12.0. The van der Waals surface area contributed by atoms with Crippen LogP contribution in [0, 0.1) is 0 Å². The van der Waals surface area contributed by atoms with Crippen LogP contribution in [0.15, 0.2) is 11.8 Å². The fraction of sp³-hybridized carbons (Fsp3) is 0.846. The lowest BCUT2D eigenvalue weighted by Crippen LogP contribution is -2.15. The largest absolute Gasteiger partial charge is 0.0989 e. The Bertz CT molecular complexity index is 142. The van der Waals surface area contributed by atoms with E-state index in [1.165, 1.54) is 44.9 Å². The van der Waals surface area contributed by atoms with Gasteiger partial charge in [0.2, 0.25) is 0 Å². The minimum absolute atomic E-state index is 0.919. The zero-order valence-electron chi connectivity index (χ0n) is 10.6. The Morgan fingerprint density at radius 2 is 1.43 bits per heavy atom. The molecular formula is C13H28Si. The average Bonchev–Trinajstić information content (AvgIpc) is 2.08. The molecule has 0 saturated heterocycles. The highest BCUT2D eigenvalue weighted by Crippen LogP contribution is 2.08. The van der Waals surface area contributed by atoms with Crippen molar-refractivity contribution in [1.29, 1.82) is 0 Å². The predicted molar refractivity (Wildman–Crippen MR) is 70.5 cm³/mol. The molecule has 0 amide bonds. The maximum atomic E-state index is 2.47. The number of rotatable bonds is 8. The molecule has 0 heterocycles. The third-order valence-corrected chi connectivity index (χ3v) is 3.58.